The number of piperidine rings is 1. The van der Waals surface area contributed by atoms with Crippen molar-refractivity contribution in [3.8, 4) is 0 Å². The van der Waals surface area contributed by atoms with Gasteiger partial charge in [0.15, 0.2) is 0 Å². The van der Waals surface area contributed by atoms with Gasteiger partial charge in [0.1, 0.15) is 0 Å². The summed E-state index contributed by atoms with van der Waals surface area (Å²) in [5.74, 6) is 0.749. The fourth-order valence-electron chi connectivity index (χ4n) is 2.61. The van der Waals surface area contributed by atoms with Gasteiger partial charge in [0.05, 0.1) is 0 Å². The van der Waals surface area contributed by atoms with Gasteiger partial charge in [-0.25, -0.2) is 0 Å². The van der Waals surface area contributed by atoms with Crippen LogP contribution in [-0.4, -0.2) is 31.1 Å². The first-order valence-electron chi connectivity index (χ1n) is 6.62. The first-order valence-corrected chi connectivity index (χ1v) is 6.62. The topological polar surface area (TPSA) is 15.3 Å². The molecule has 0 bridgehead atoms. The van der Waals surface area contributed by atoms with Crippen molar-refractivity contribution >= 4 is 0 Å². The molecule has 17 heavy (non-hydrogen) atoms. The lowest BCUT2D eigenvalue weighted by Gasteiger charge is -2.35. The molecule has 1 aliphatic rings. The number of hydrogen-bond acceptors (Lipinski definition) is 2. The highest BCUT2D eigenvalue weighted by molar-refractivity contribution is 5.21. The first kappa shape index (κ1) is 12.6. The van der Waals surface area contributed by atoms with Crippen molar-refractivity contribution in [2.75, 3.05) is 20.1 Å². The van der Waals surface area contributed by atoms with Gasteiger partial charge in [-0.1, -0.05) is 36.8 Å². The Morgan fingerprint density at radius 2 is 2.00 bits per heavy atom. The van der Waals surface area contributed by atoms with Crippen molar-refractivity contribution in [3.05, 3.63) is 35.4 Å². The van der Waals surface area contributed by atoms with Crippen LogP contribution in [0.25, 0.3) is 0 Å². The molecule has 2 rings (SSSR count). The number of nitrogens with one attached hydrogen (secondary N) is 1. The zero-order valence-corrected chi connectivity index (χ0v) is 11.2. The van der Waals surface area contributed by atoms with E-state index in [-0.39, 0.29) is 0 Å². The van der Waals surface area contributed by atoms with Crippen molar-refractivity contribution in [2.45, 2.75) is 32.9 Å². The molecule has 1 aromatic carbocycles. The van der Waals surface area contributed by atoms with E-state index in [1.54, 1.807) is 0 Å². The fourth-order valence-corrected chi connectivity index (χ4v) is 2.61. The SMILES string of the molecule is Cc1ccc(CNC2CCN(C)CC2C)cc1. The van der Waals surface area contributed by atoms with E-state index in [1.807, 2.05) is 0 Å². The van der Waals surface area contributed by atoms with Crippen molar-refractivity contribution in [3.63, 3.8) is 0 Å². The van der Waals surface area contributed by atoms with Crippen LogP contribution in [0.3, 0.4) is 0 Å². The molecule has 2 atom stereocenters. The molecule has 0 aromatic heterocycles. The largest absolute Gasteiger partial charge is 0.310 e. The third-order valence-electron chi connectivity index (χ3n) is 3.80. The highest BCUT2D eigenvalue weighted by Crippen LogP contribution is 2.16. The highest BCUT2D eigenvalue weighted by Gasteiger charge is 2.23. The standard InChI is InChI=1S/C15H24N2/c1-12-4-6-14(7-5-12)10-16-15-8-9-17(3)11-13(15)2/h4-7,13,15-16H,8-11H2,1-3H3. The lowest BCUT2D eigenvalue weighted by molar-refractivity contribution is 0.174. The molecule has 0 aliphatic carbocycles. The van der Waals surface area contributed by atoms with Crippen molar-refractivity contribution < 1.29 is 0 Å². The van der Waals surface area contributed by atoms with Gasteiger partial charge in [-0.2, -0.15) is 0 Å². The van der Waals surface area contributed by atoms with Crippen LogP contribution in [0.4, 0.5) is 0 Å². The molecule has 0 amide bonds. The van der Waals surface area contributed by atoms with Crippen molar-refractivity contribution in [1.29, 1.82) is 0 Å². The molecule has 0 radical (unpaired) electrons. The average Bonchev–Trinajstić information content (AvgIpc) is 2.30. The summed E-state index contributed by atoms with van der Waals surface area (Å²) < 4.78 is 0. The van der Waals surface area contributed by atoms with Crippen LogP contribution >= 0.6 is 0 Å². The van der Waals surface area contributed by atoms with Crippen LogP contribution < -0.4 is 5.32 Å². The van der Waals surface area contributed by atoms with Crippen molar-refractivity contribution in [2.24, 2.45) is 5.92 Å². The Balaban J connectivity index is 1.83. The predicted octanol–water partition coefficient (Wildman–Crippen LogP) is 2.42. The van der Waals surface area contributed by atoms with Gasteiger partial charge in [-0.15, -0.1) is 0 Å². The number of likely N-dealkylation sites (tertiary alicyclic amines) is 1. The van der Waals surface area contributed by atoms with E-state index in [9.17, 15) is 0 Å². The Hall–Kier alpha value is -0.860. The van der Waals surface area contributed by atoms with Crippen LogP contribution in [0.5, 0.6) is 0 Å². The molecule has 1 aromatic rings. The number of rotatable bonds is 3. The second-order valence-electron chi connectivity index (χ2n) is 5.50. The van der Waals surface area contributed by atoms with Crippen LogP contribution in [0.2, 0.25) is 0 Å². The molecule has 2 nitrogen and oxygen atoms in total. The lowest BCUT2D eigenvalue weighted by atomic mass is 9.94. The molecule has 0 saturated carbocycles. The van der Waals surface area contributed by atoms with E-state index < -0.39 is 0 Å². The third kappa shape index (κ3) is 3.55. The van der Waals surface area contributed by atoms with Gasteiger partial charge < -0.3 is 10.2 Å². The van der Waals surface area contributed by atoms with E-state index in [2.05, 4.69) is 55.4 Å². The summed E-state index contributed by atoms with van der Waals surface area (Å²) in [5, 5.41) is 3.70. The smallest absolute Gasteiger partial charge is 0.0208 e. The minimum atomic E-state index is 0.674. The summed E-state index contributed by atoms with van der Waals surface area (Å²) >= 11 is 0. The molecule has 94 valence electrons. The van der Waals surface area contributed by atoms with Gasteiger partial charge in [-0.05, 0) is 38.4 Å². The van der Waals surface area contributed by atoms with Gasteiger partial charge in [-0.3, -0.25) is 0 Å². The highest BCUT2D eigenvalue weighted by atomic mass is 15.1. The summed E-state index contributed by atoms with van der Waals surface area (Å²) in [6.45, 7) is 7.92. The first-order chi connectivity index (χ1) is 8.15. The van der Waals surface area contributed by atoms with Gasteiger partial charge in [0.25, 0.3) is 0 Å². The molecular weight excluding hydrogens is 208 g/mol. The lowest BCUT2D eigenvalue weighted by Crippen LogP contribution is -2.46. The fraction of sp³-hybridized carbons (Fsp3) is 0.600. The van der Waals surface area contributed by atoms with E-state index in [1.165, 1.54) is 30.6 Å². The predicted molar refractivity (Wildman–Crippen MR) is 73.1 cm³/mol. The van der Waals surface area contributed by atoms with Gasteiger partial charge in [0.2, 0.25) is 0 Å². The molecule has 2 unspecified atom stereocenters. The molecule has 0 spiro atoms. The van der Waals surface area contributed by atoms with Crippen LogP contribution in [0.15, 0.2) is 24.3 Å². The Morgan fingerprint density at radius 1 is 1.29 bits per heavy atom. The maximum absolute atomic E-state index is 3.70. The van der Waals surface area contributed by atoms with E-state index in [0.29, 0.717) is 6.04 Å². The van der Waals surface area contributed by atoms with Crippen LogP contribution in [-0.2, 0) is 6.54 Å². The number of hydrogen-bond donors (Lipinski definition) is 1. The Bertz CT molecular complexity index is 344. The van der Waals surface area contributed by atoms with Gasteiger partial charge in [0, 0.05) is 19.1 Å². The van der Waals surface area contributed by atoms with Crippen LogP contribution in [0.1, 0.15) is 24.5 Å². The summed E-state index contributed by atoms with van der Waals surface area (Å²) in [5.41, 5.74) is 2.73. The molecule has 1 heterocycles. The molecule has 1 aliphatic heterocycles. The number of nitrogens with zero attached hydrogens (tertiary/aromatic N) is 1. The molecule has 1 saturated heterocycles. The summed E-state index contributed by atoms with van der Waals surface area (Å²) in [7, 11) is 2.21. The van der Waals surface area contributed by atoms with E-state index in [4.69, 9.17) is 0 Å². The normalized spacial score (nSPS) is 26.1. The molecular formula is C15H24N2. The maximum atomic E-state index is 3.70. The zero-order chi connectivity index (χ0) is 12.3. The third-order valence-corrected chi connectivity index (χ3v) is 3.80. The van der Waals surface area contributed by atoms with Crippen molar-refractivity contribution in [1.82, 2.24) is 10.2 Å². The Kier molecular flexibility index (Phi) is 4.19. The quantitative estimate of drug-likeness (QED) is 0.861. The zero-order valence-electron chi connectivity index (χ0n) is 11.2. The number of aryl methyl sites for hydroxylation is 1. The second kappa shape index (κ2) is 5.65. The minimum Gasteiger partial charge on any atom is -0.310 e. The monoisotopic (exact) mass is 232 g/mol. The second-order valence-corrected chi connectivity index (χ2v) is 5.50. The molecule has 2 heteroatoms. The summed E-state index contributed by atoms with van der Waals surface area (Å²) in [6, 6.07) is 9.50. The number of benzene rings is 1. The summed E-state index contributed by atoms with van der Waals surface area (Å²) in [4.78, 5) is 2.43. The summed E-state index contributed by atoms with van der Waals surface area (Å²) in [6.07, 6.45) is 1.27. The Labute approximate surface area is 105 Å². The maximum Gasteiger partial charge on any atom is 0.0208 e. The Morgan fingerprint density at radius 3 is 2.65 bits per heavy atom. The van der Waals surface area contributed by atoms with E-state index in [0.717, 1.165) is 12.5 Å². The van der Waals surface area contributed by atoms with Gasteiger partial charge >= 0.3 is 0 Å². The van der Waals surface area contributed by atoms with E-state index >= 15 is 0 Å². The minimum absolute atomic E-state index is 0.674. The average molecular weight is 232 g/mol. The molecule has 1 fully saturated rings. The van der Waals surface area contributed by atoms with Crippen LogP contribution in [0, 0.1) is 12.8 Å². The molecule has 1 N–H and O–H groups in total.